The summed E-state index contributed by atoms with van der Waals surface area (Å²) in [5.74, 6) is 1.66. The van der Waals surface area contributed by atoms with Gasteiger partial charge in [0.25, 0.3) is 0 Å². The van der Waals surface area contributed by atoms with Crippen molar-refractivity contribution >= 4 is 11.6 Å². The number of benzene rings is 1. The normalized spacial score (nSPS) is 25.3. The van der Waals surface area contributed by atoms with Crippen molar-refractivity contribution in [3.63, 3.8) is 0 Å². The molecule has 2 rings (SSSR count). The van der Waals surface area contributed by atoms with Gasteiger partial charge in [-0.05, 0) is 55.3 Å². The molecule has 0 aliphatic heterocycles. The van der Waals surface area contributed by atoms with E-state index in [9.17, 15) is 0 Å². The molecule has 1 nitrogen and oxygen atoms in total. The van der Waals surface area contributed by atoms with E-state index in [2.05, 4.69) is 38.2 Å². The molecule has 1 aromatic rings. The van der Waals surface area contributed by atoms with Crippen LogP contribution in [-0.2, 0) is 0 Å². The first-order valence-corrected chi connectivity index (χ1v) is 7.99. The number of nitrogens with one attached hydrogen (secondary N) is 1. The molecule has 0 radical (unpaired) electrons. The lowest BCUT2D eigenvalue weighted by Crippen LogP contribution is -2.31. The van der Waals surface area contributed by atoms with Crippen molar-refractivity contribution in [2.75, 3.05) is 6.54 Å². The van der Waals surface area contributed by atoms with Crippen molar-refractivity contribution in [2.45, 2.75) is 52.5 Å². The van der Waals surface area contributed by atoms with Gasteiger partial charge in [-0.25, -0.2) is 0 Å². The van der Waals surface area contributed by atoms with Crippen LogP contribution in [0, 0.1) is 18.8 Å². The fraction of sp³-hybridized carbons (Fsp3) is 0.647. The Bertz CT molecular complexity index is 408. The van der Waals surface area contributed by atoms with E-state index in [1.54, 1.807) is 0 Å². The highest BCUT2D eigenvalue weighted by Gasteiger charge is 2.27. The zero-order valence-electron chi connectivity index (χ0n) is 12.4. The molecular weight excluding hydrogens is 254 g/mol. The lowest BCUT2D eigenvalue weighted by atomic mass is 9.76. The minimum atomic E-state index is 0.469. The van der Waals surface area contributed by atoms with Crippen molar-refractivity contribution in [1.82, 2.24) is 5.32 Å². The first kappa shape index (κ1) is 14.9. The van der Waals surface area contributed by atoms with E-state index in [0.717, 1.165) is 23.4 Å². The maximum atomic E-state index is 6.29. The van der Waals surface area contributed by atoms with Crippen LogP contribution < -0.4 is 5.32 Å². The van der Waals surface area contributed by atoms with Gasteiger partial charge in [0.15, 0.2) is 0 Å². The average Bonchev–Trinajstić information content (AvgIpc) is 2.41. The van der Waals surface area contributed by atoms with Crippen LogP contribution in [0.5, 0.6) is 0 Å². The molecule has 2 heteroatoms. The average molecular weight is 280 g/mol. The van der Waals surface area contributed by atoms with Crippen LogP contribution >= 0.6 is 11.6 Å². The zero-order chi connectivity index (χ0) is 13.8. The molecule has 1 aliphatic rings. The molecular formula is C17H26ClN. The Balaban J connectivity index is 2.22. The summed E-state index contributed by atoms with van der Waals surface area (Å²) in [6.07, 6.45) is 5.41. The fourth-order valence-corrected chi connectivity index (χ4v) is 3.51. The van der Waals surface area contributed by atoms with Gasteiger partial charge in [-0.15, -0.1) is 0 Å². The minimum absolute atomic E-state index is 0.469. The number of hydrogen-bond donors (Lipinski definition) is 1. The lowest BCUT2D eigenvalue weighted by Gasteiger charge is -2.34. The van der Waals surface area contributed by atoms with Crippen molar-refractivity contribution in [1.29, 1.82) is 0 Å². The number of hydrogen-bond acceptors (Lipinski definition) is 1. The van der Waals surface area contributed by atoms with E-state index >= 15 is 0 Å². The van der Waals surface area contributed by atoms with Gasteiger partial charge in [-0.2, -0.15) is 0 Å². The highest BCUT2D eigenvalue weighted by molar-refractivity contribution is 6.31. The van der Waals surface area contributed by atoms with Gasteiger partial charge >= 0.3 is 0 Å². The van der Waals surface area contributed by atoms with E-state index in [1.807, 2.05) is 6.07 Å². The Morgan fingerprint density at radius 1 is 1.26 bits per heavy atom. The van der Waals surface area contributed by atoms with Crippen molar-refractivity contribution < 1.29 is 0 Å². The van der Waals surface area contributed by atoms with Crippen molar-refractivity contribution in [3.8, 4) is 0 Å². The SMILES string of the molecule is CCNC(c1cccc(Cl)c1C)C1CCC(C)CC1. The van der Waals surface area contributed by atoms with Crippen molar-refractivity contribution in [2.24, 2.45) is 11.8 Å². The lowest BCUT2D eigenvalue weighted by molar-refractivity contribution is 0.233. The summed E-state index contributed by atoms with van der Waals surface area (Å²) in [6, 6.07) is 6.79. The maximum absolute atomic E-state index is 6.29. The quantitative estimate of drug-likeness (QED) is 0.806. The predicted octanol–water partition coefficient (Wildman–Crippen LogP) is 5.13. The van der Waals surface area contributed by atoms with E-state index in [0.29, 0.717) is 6.04 Å². The summed E-state index contributed by atoms with van der Waals surface area (Å²) in [5.41, 5.74) is 2.64. The highest BCUT2D eigenvalue weighted by Crippen LogP contribution is 2.38. The molecule has 1 aliphatic carbocycles. The van der Waals surface area contributed by atoms with Gasteiger partial charge in [-0.3, -0.25) is 0 Å². The summed E-state index contributed by atoms with van der Waals surface area (Å²) in [4.78, 5) is 0. The second-order valence-electron chi connectivity index (χ2n) is 6.01. The third-order valence-electron chi connectivity index (χ3n) is 4.60. The molecule has 106 valence electrons. The first-order valence-electron chi connectivity index (χ1n) is 7.61. The van der Waals surface area contributed by atoms with Gasteiger partial charge in [-0.1, -0.05) is 50.4 Å². The standard InChI is InChI=1S/C17H26ClN/c1-4-19-17(14-10-8-12(2)9-11-14)15-6-5-7-16(18)13(15)3/h5-7,12,14,17,19H,4,8-11H2,1-3H3. The highest BCUT2D eigenvalue weighted by atomic mass is 35.5. The second-order valence-corrected chi connectivity index (χ2v) is 6.42. The minimum Gasteiger partial charge on any atom is -0.310 e. The fourth-order valence-electron chi connectivity index (χ4n) is 3.33. The predicted molar refractivity (Wildman–Crippen MR) is 83.7 cm³/mol. The molecule has 1 atom stereocenters. The summed E-state index contributed by atoms with van der Waals surface area (Å²) >= 11 is 6.29. The third kappa shape index (κ3) is 3.52. The van der Waals surface area contributed by atoms with Gasteiger partial charge in [0.2, 0.25) is 0 Å². The molecule has 0 amide bonds. The number of rotatable bonds is 4. The largest absolute Gasteiger partial charge is 0.310 e. The second kappa shape index (κ2) is 6.76. The molecule has 1 aromatic carbocycles. The summed E-state index contributed by atoms with van der Waals surface area (Å²) < 4.78 is 0. The van der Waals surface area contributed by atoms with Gasteiger partial charge in [0, 0.05) is 11.1 Å². The molecule has 1 unspecified atom stereocenters. The molecule has 1 saturated carbocycles. The van der Waals surface area contributed by atoms with Gasteiger partial charge in [0.1, 0.15) is 0 Å². The zero-order valence-corrected chi connectivity index (χ0v) is 13.1. The molecule has 0 heterocycles. The molecule has 0 bridgehead atoms. The van der Waals surface area contributed by atoms with Crippen molar-refractivity contribution in [3.05, 3.63) is 34.3 Å². The monoisotopic (exact) mass is 279 g/mol. The maximum Gasteiger partial charge on any atom is 0.0438 e. The van der Waals surface area contributed by atoms with E-state index < -0.39 is 0 Å². The first-order chi connectivity index (χ1) is 9.13. The van der Waals surface area contributed by atoms with Crippen LogP contribution in [-0.4, -0.2) is 6.54 Å². The summed E-state index contributed by atoms with van der Waals surface area (Å²) in [6.45, 7) is 7.73. The summed E-state index contributed by atoms with van der Waals surface area (Å²) in [7, 11) is 0. The Hall–Kier alpha value is -0.530. The van der Waals surface area contributed by atoms with Crippen LogP contribution in [0.1, 0.15) is 56.7 Å². The Kier molecular flexibility index (Phi) is 5.29. The topological polar surface area (TPSA) is 12.0 Å². The molecule has 19 heavy (non-hydrogen) atoms. The number of halogens is 1. The molecule has 0 aromatic heterocycles. The van der Waals surface area contributed by atoms with Crippen LogP contribution in [0.15, 0.2) is 18.2 Å². The molecule has 1 fully saturated rings. The molecule has 0 spiro atoms. The van der Waals surface area contributed by atoms with Crippen LogP contribution in [0.4, 0.5) is 0 Å². The van der Waals surface area contributed by atoms with E-state index in [4.69, 9.17) is 11.6 Å². The van der Waals surface area contributed by atoms with E-state index in [-0.39, 0.29) is 0 Å². The Morgan fingerprint density at radius 3 is 2.58 bits per heavy atom. The molecule has 0 saturated heterocycles. The smallest absolute Gasteiger partial charge is 0.0438 e. The van der Waals surface area contributed by atoms with Gasteiger partial charge in [0.05, 0.1) is 0 Å². The van der Waals surface area contributed by atoms with Crippen LogP contribution in [0.3, 0.4) is 0 Å². The van der Waals surface area contributed by atoms with Crippen LogP contribution in [0.2, 0.25) is 5.02 Å². The Labute approximate surface area is 122 Å². The summed E-state index contributed by atoms with van der Waals surface area (Å²) in [5, 5.41) is 4.59. The van der Waals surface area contributed by atoms with Crippen LogP contribution in [0.25, 0.3) is 0 Å². The third-order valence-corrected chi connectivity index (χ3v) is 5.01. The van der Waals surface area contributed by atoms with Gasteiger partial charge < -0.3 is 5.32 Å². The molecule has 1 N–H and O–H groups in total. The van der Waals surface area contributed by atoms with E-state index in [1.165, 1.54) is 36.8 Å². The Morgan fingerprint density at radius 2 is 1.95 bits per heavy atom.